The molecule has 1 atom stereocenters. The van der Waals surface area contributed by atoms with Crippen molar-refractivity contribution in [3.63, 3.8) is 0 Å². The SMILES string of the molecule is CCCCCCCCCCCCCCCCCCCCCC(=O)OC[C@H](COC(=O)CCCCCCCCCCCCCC)OC(=O)CCCCCCCCCCCCCCC(C)C. The lowest BCUT2D eigenvalue weighted by Crippen LogP contribution is -2.30. The van der Waals surface area contributed by atoms with Crippen LogP contribution in [0, 0.1) is 5.92 Å². The fourth-order valence-corrected chi connectivity index (χ4v) is 8.92. The second-order valence-electron chi connectivity index (χ2n) is 20.4. The van der Waals surface area contributed by atoms with E-state index < -0.39 is 6.10 Å². The molecule has 0 N–H and O–H groups in total. The summed E-state index contributed by atoms with van der Waals surface area (Å²) in [5, 5.41) is 0. The molecule has 0 aromatic heterocycles. The van der Waals surface area contributed by atoms with Crippen LogP contribution in [0.4, 0.5) is 0 Å². The van der Waals surface area contributed by atoms with Crippen molar-refractivity contribution in [2.75, 3.05) is 13.2 Å². The number of carbonyl (C=O) groups excluding carboxylic acids is 3. The molecule has 380 valence electrons. The first kappa shape index (κ1) is 62.4. The van der Waals surface area contributed by atoms with Crippen LogP contribution in [0.1, 0.15) is 329 Å². The predicted molar refractivity (Wildman–Crippen MR) is 275 cm³/mol. The molecular formula is C58H112O6. The first-order valence-electron chi connectivity index (χ1n) is 28.9. The number of rotatable bonds is 53. The van der Waals surface area contributed by atoms with Gasteiger partial charge in [0.15, 0.2) is 6.10 Å². The summed E-state index contributed by atoms with van der Waals surface area (Å²) in [4.78, 5) is 38.1. The molecule has 0 amide bonds. The quantitative estimate of drug-likeness (QED) is 0.0344. The molecule has 64 heavy (non-hydrogen) atoms. The third-order valence-corrected chi connectivity index (χ3v) is 13.3. The van der Waals surface area contributed by atoms with Crippen LogP contribution in [0.3, 0.4) is 0 Å². The largest absolute Gasteiger partial charge is 0.462 e. The van der Waals surface area contributed by atoms with Crippen LogP contribution < -0.4 is 0 Å². The molecule has 0 fully saturated rings. The molecule has 0 aliphatic rings. The van der Waals surface area contributed by atoms with Gasteiger partial charge in [0.1, 0.15) is 13.2 Å². The molecule has 0 aromatic carbocycles. The first-order chi connectivity index (χ1) is 31.4. The standard InChI is InChI=1S/C58H112O6/c1-5-7-9-11-13-15-17-19-20-21-22-23-24-25-30-34-38-42-46-50-57(60)63-53-55(52-62-56(59)49-45-41-37-33-29-18-16-14-12-10-8-6-2)64-58(61)51-47-43-39-35-31-27-26-28-32-36-40-44-48-54(3)4/h54-55H,5-53H2,1-4H3/t55-/m0/s1. The van der Waals surface area contributed by atoms with Crippen LogP contribution in [0.2, 0.25) is 0 Å². The van der Waals surface area contributed by atoms with Crippen molar-refractivity contribution in [2.24, 2.45) is 5.92 Å². The van der Waals surface area contributed by atoms with Gasteiger partial charge in [-0.25, -0.2) is 0 Å². The number of ether oxygens (including phenoxy) is 3. The van der Waals surface area contributed by atoms with Gasteiger partial charge in [0.05, 0.1) is 0 Å². The molecule has 6 heteroatoms. The maximum Gasteiger partial charge on any atom is 0.306 e. The third-order valence-electron chi connectivity index (χ3n) is 13.3. The Morgan fingerprint density at radius 2 is 0.516 bits per heavy atom. The normalized spacial score (nSPS) is 12.0. The topological polar surface area (TPSA) is 78.9 Å². The van der Waals surface area contributed by atoms with Gasteiger partial charge >= 0.3 is 17.9 Å². The Morgan fingerprint density at radius 3 is 0.766 bits per heavy atom. The highest BCUT2D eigenvalue weighted by Gasteiger charge is 2.19. The summed E-state index contributed by atoms with van der Waals surface area (Å²) in [5.41, 5.74) is 0. The summed E-state index contributed by atoms with van der Waals surface area (Å²) in [6, 6.07) is 0. The molecule has 0 aliphatic heterocycles. The fraction of sp³-hybridized carbons (Fsp3) is 0.948. The predicted octanol–water partition coefficient (Wildman–Crippen LogP) is 19.0. The minimum absolute atomic E-state index is 0.0620. The third kappa shape index (κ3) is 51.4. The summed E-state index contributed by atoms with van der Waals surface area (Å²) in [6.45, 7) is 9.05. The zero-order valence-electron chi connectivity index (χ0n) is 43.8. The van der Waals surface area contributed by atoms with Gasteiger partial charge in [-0.2, -0.15) is 0 Å². The Bertz CT molecular complexity index is 964. The first-order valence-corrected chi connectivity index (χ1v) is 28.9. The minimum Gasteiger partial charge on any atom is -0.462 e. The highest BCUT2D eigenvalue weighted by molar-refractivity contribution is 5.71. The molecule has 0 spiro atoms. The number of carbonyl (C=O) groups is 3. The summed E-state index contributed by atoms with van der Waals surface area (Å²) in [6.07, 6.45) is 56.6. The lowest BCUT2D eigenvalue weighted by molar-refractivity contribution is -0.167. The van der Waals surface area contributed by atoms with Gasteiger partial charge in [0.25, 0.3) is 0 Å². The molecule has 0 rings (SSSR count). The van der Waals surface area contributed by atoms with E-state index in [1.165, 1.54) is 225 Å². The Hall–Kier alpha value is -1.59. The zero-order chi connectivity index (χ0) is 46.7. The lowest BCUT2D eigenvalue weighted by Gasteiger charge is -2.18. The average Bonchev–Trinajstić information content (AvgIpc) is 3.28. The summed E-state index contributed by atoms with van der Waals surface area (Å²) >= 11 is 0. The van der Waals surface area contributed by atoms with Crippen LogP contribution in [-0.4, -0.2) is 37.2 Å². The maximum atomic E-state index is 12.8. The van der Waals surface area contributed by atoms with Crippen LogP contribution in [0.25, 0.3) is 0 Å². The molecule has 0 aliphatic carbocycles. The van der Waals surface area contributed by atoms with E-state index in [4.69, 9.17) is 14.2 Å². The molecular weight excluding hydrogens is 793 g/mol. The van der Waals surface area contributed by atoms with Crippen molar-refractivity contribution in [1.29, 1.82) is 0 Å². The molecule has 0 unspecified atom stereocenters. The van der Waals surface area contributed by atoms with Crippen molar-refractivity contribution >= 4 is 17.9 Å². The van der Waals surface area contributed by atoms with Gasteiger partial charge in [-0.15, -0.1) is 0 Å². The Morgan fingerprint density at radius 1 is 0.297 bits per heavy atom. The summed E-state index contributed by atoms with van der Waals surface area (Å²) in [7, 11) is 0. The Balaban J connectivity index is 4.26. The smallest absolute Gasteiger partial charge is 0.306 e. The van der Waals surface area contributed by atoms with Gasteiger partial charge in [-0.3, -0.25) is 14.4 Å². The molecule has 6 nitrogen and oxygen atoms in total. The van der Waals surface area contributed by atoms with Crippen molar-refractivity contribution in [1.82, 2.24) is 0 Å². The van der Waals surface area contributed by atoms with Crippen molar-refractivity contribution in [3.05, 3.63) is 0 Å². The fourth-order valence-electron chi connectivity index (χ4n) is 8.92. The van der Waals surface area contributed by atoms with Crippen molar-refractivity contribution < 1.29 is 28.6 Å². The van der Waals surface area contributed by atoms with Gasteiger partial charge in [0.2, 0.25) is 0 Å². The van der Waals surface area contributed by atoms with E-state index in [1.54, 1.807) is 0 Å². The van der Waals surface area contributed by atoms with E-state index in [0.717, 1.165) is 63.7 Å². The van der Waals surface area contributed by atoms with E-state index in [1.807, 2.05) is 0 Å². The molecule has 0 heterocycles. The van der Waals surface area contributed by atoms with Crippen molar-refractivity contribution in [3.8, 4) is 0 Å². The van der Waals surface area contributed by atoms with Crippen molar-refractivity contribution in [2.45, 2.75) is 336 Å². The highest BCUT2D eigenvalue weighted by Crippen LogP contribution is 2.18. The Labute approximate surface area is 399 Å². The second kappa shape index (κ2) is 52.4. The van der Waals surface area contributed by atoms with E-state index in [0.29, 0.717) is 19.3 Å². The Kier molecular flexibility index (Phi) is 51.1. The molecule has 0 radical (unpaired) electrons. The van der Waals surface area contributed by atoms with Crippen LogP contribution in [0.15, 0.2) is 0 Å². The van der Waals surface area contributed by atoms with E-state index >= 15 is 0 Å². The number of unbranched alkanes of at least 4 members (excludes halogenated alkanes) is 40. The molecule has 0 aromatic rings. The molecule has 0 saturated heterocycles. The summed E-state index contributed by atoms with van der Waals surface area (Å²) < 4.78 is 16.9. The number of hydrogen-bond acceptors (Lipinski definition) is 6. The van der Waals surface area contributed by atoms with Gasteiger partial charge in [0, 0.05) is 19.3 Å². The number of hydrogen-bond donors (Lipinski definition) is 0. The van der Waals surface area contributed by atoms with E-state index in [9.17, 15) is 14.4 Å². The van der Waals surface area contributed by atoms with Gasteiger partial charge < -0.3 is 14.2 Å². The summed E-state index contributed by atoms with van der Waals surface area (Å²) in [5.74, 6) is -0.00468. The van der Waals surface area contributed by atoms with Gasteiger partial charge in [-0.1, -0.05) is 291 Å². The van der Waals surface area contributed by atoms with Crippen LogP contribution >= 0.6 is 0 Å². The highest BCUT2D eigenvalue weighted by atomic mass is 16.6. The van der Waals surface area contributed by atoms with Crippen LogP contribution in [0.5, 0.6) is 0 Å². The molecule has 0 bridgehead atoms. The molecule has 0 saturated carbocycles. The van der Waals surface area contributed by atoms with Gasteiger partial charge in [-0.05, 0) is 25.2 Å². The van der Waals surface area contributed by atoms with E-state index in [2.05, 4.69) is 27.7 Å². The lowest BCUT2D eigenvalue weighted by atomic mass is 10.0. The second-order valence-corrected chi connectivity index (χ2v) is 20.4. The minimum atomic E-state index is -0.761. The maximum absolute atomic E-state index is 12.8. The van der Waals surface area contributed by atoms with Crippen LogP contribution in [-0.2, 0) is 28.6 Å². The zero-order valence-corrected chi connectivity index (χ0v) is 43.8. The van der Waals surface area contributed by atoms with E-state index in [-0.39, 0.29) is 31.1 Å². The average molecular weight is 906 g/mol. The number of esters is 3. The monoisotopic (exact) mass is 905 g/mol.